The standard InChI is InChI=1S/C15H21N3O2S/c1-5-6-7-11(15(19)20)18-13-12-8(2)9(3)21-14(12)17-10(4)16-13/h11H,5-7H2,1-4H3,(H,19,20)(H,16,17,18). The van der Waals surface area contributed by atoms with Crippen LogP contribution in [-0.4, -0.2) is 27.1 Å². The summed E-state index contributed by atoms with van der Waals surface area (Å²) in [6.07, 6.45) is 2.44. The molecule has 0 amide bonds. The normalized spacial score (nSPS) is 12.6. The number of aliphatic carboxylic acids is 1. The van der Waals surface area contributed by atoms with Crippen molar-refractivity contribution in [3.63, 3.8) is 0 Å². The predicted octanol–water partition coefficient (Wildman–Crippen LogP) is 3.67. The Bertz CT molecular complexity index is 666. The maximum atomic E-state index is 11.4. The number of nitrogens with one attached hydrogen (secondary N) is 1. The van der Waals surface area contributed by atoms with E-state index in [1.165, 1.54) is 4.88 Å². The van der Waals surface area contributed by atoms with Crippen LogP contribution in [0.15, 0.2) is 0 Å². The highest BCUT2D eigenvalue weighted by atomic mass is 32.1. The molecule has 0 spiro atoms. The van der Waals surface area contributed by atoms with Crippen molar-refractivity contribution in [1.82, 2.24) is 9.97 Å². The van der Waals surface area contributed by atoms with Gasteiger partial charge in [-0.3, -0.25) is 0 Å². The fourth-order valence-electron chi connectivity index (χ4n) is 2.29. The molecule has 0 bridgehead atoms. The summed E-state index contributed by atoms with van der Waals surface area (Å²) in [4.78, 5) is 22.4. The van der Waals surface area contributed by atoms with Crippen LogP contribution in [0.3, 0.4) is 0 Å². The quantitative estimate of drug-likeness (QED) is 0.851. The SMILES string of the molecule is CCCCC(Nc1nc(C)nc2sc(C)c(C)c12)C(=O)O. The number of hydrogen-bond donors (Lipinski definition) is 2. The molecule has 5 nitrogen and oxygen atoms in total. The number of rotatable bonds is 6. The van der Waals surface area contributed by atoms with Crippen LogP contribution < -0.4 is 5.32 Å². The molecule has 2 rings (SSSR count). The minimum Gasteiger partial charge on any atom is -0.480 e. The fraction of sp³-hybridized carbons (Fsp3) is 0.533. The van der Waals surface area contributed by atoms with Gasteiger partial charge in [0.2, 0.25) is 0 Å². The topological polar surface area (TPSA) is 75.1 Å². The number of carboxylic acid groups (broad SMARTS) is 1. The van der Waals surface area contributed by atoms with E-state index in [0.29, 0.717) is 18.1 Å². The molecule has 21 heavy (non-hydrogen) atoms. The van der Waals surface area contributed by atoms with Gasteiger partial charge in [-0.05, 0) is 32.8 Å². The number of fused-ring (bicyclic) bond motifs is 1. The van der Waals surface area contributed by atoms with E-state index in [1.807, 2.05) is 20.8 Å². The molecule has 2 heterocycles. The van der Waals surface area contributed by atoms with Crippen LogP contribution in [0.5, 0.6) is 0 Å². The molecular weight excluding hydrogens is 286 g/mol. The Labute approximate surface area is 128 Å². The molecule has 1 unspecified atom stereocenters. The number of aryl methyl sites for hydroxylation is 3. The molecule has 1 atom stereocenters. The molecular formula is C15H21N3O2S. The molecule has 2 N–H and O–H groups in total. The average Bonchev–Trinajstić information content (AvgIpc) is 2.69. The molecule has 6 heteroatoms. The lowest BCUT2D eigenvalue weighted by atomic mass is 10.1. The van der Waals surface area contributed by atoms with E-state index in [-0.39, 0.29) is 0 Å². The zero-order valence-electron chi connectivity index (χ0n) is 12.9. The summed E-state index contributed by atoms with van der Waals surface area (Å²) in [7, 11) is 0. The Morgan fingerprint density at radius 2 is 2.05 bits per heavy atom. The van der Waals surface area contributed by atoms with Gasteiger partial charge in [0.25, 0.3) is 0 Å². The molecule has 0 aliphatic heterocycles. The van der Waals surface area contributed by atoms with Crippen LogP contribution in [0.1, 0.15) is 42.5 Å². The van der Waals surface area contributed by atoms with Crippen LogP contribution >= 0.6 is 11.3 Å². The lowest BCUT2D eigenvalue weighted by molar-refractivity contribution is -0.138. The van der Waals surface area contributed by atoms with Gasteiger partial charge in [0.05, 0.1) is 5.39 Å². The number of carbonyl (C=O) groups is 1. The van der Waals surface area contributed by atoms with Crippen LogP contribution in [0, 0.1) is 20.8 Å². The van der Waals surface area contributed by atoms with Gasteiger partial charge in [0.1, 0.15) is 22.5 Å². The van der Waals surface area contributed by atoms with E-state index in [9.17, 15) is 9.90 Å². The van der Waals surface area contributed by atoms with Crippen molar-refractivity contribution in [3.8, 4) is 0 Å². The van der Waals surface area contributed by atoms with E-state index in [2.05, 4.69) is 22.2 Å². The maximum absolute atomic E-state index is 11.4. The number of anilines is 1. The van der Waals surface area contributed by atoms with E-state index in [0.717, 1.165) is 28.6 Å². The summed E-state index contributed by atoms with van der Waals surface area (Å²) >= 11 is 1.62. The lowest BCUT2D eigenvalue weighted by Crippen LogP contribution is -2.29. The number of nitrogens with zero attached hydrogens (tertiary/aromatic N) is 2. The monoisotopic (exact) mass is 307 g/mol. The molecule has 2 aromatic rings. The minimum atomic E-state index is -0.836. The van der Waals surface area contributed by atoms with Gasteiger partial charge in [-0.1, -0.05) is 19.8 Å². The number of thiophene rings is 1. The van der Waals surface area contributed by atoms with Crippen LogP contribution in [0.25, 0.3) is 10.2 Å². The van der Waals surface area contributed by atoms with Gasteiger partial charge in [-0.25, -0.2) is 14.8 Å². The Kier molecular flexibility index (Phi) is 4.77. The van der Waals surface area contributed by atoms with Gasteiger partial charge in [-0.2, -0.15) is 0 Å². The first-order valence-corrected chi connectivity index (χ1v) is 7.99. The molecule has 0 aliphatic rings. The third kappa shape index (κ3) is 3.32. The van der Waals surface area contributed by atoms with Gasteiger partial charge < -0.3 is 10.4 Å². The van der Waals surface area contributed by atoms with Crippen LogP contribution in [-0.2, 0) is 4.79 Å². The summed E-state index contributed by atoms with van der Waals surface area (Å²) in [6.45, 7) is 7.96. The van der Waals surface area contributed by atoms with Crippen molar-refractivity contribution in [3.05, 3.63) is 16.3 Å². The highest BCUT2D eigenvalue weighted by Gasteiger charge is 2.20. The van der Waals surface area contributed by atoms with Gasteiger partial charge in [0.15, 0.2) is 0 Å². The second kappa shape index (κ2) is 6.39. The molecule has 0 aliphatic carbocycles. The predicted molar refractivity (Wildman–Crippen MR) is 86.2 cm³/mol. The lowest BCUT2D eigenvalue weighted by Gasteiger charge is -2.16. The Morgan fingerprint density at radius 3 is 2.67 bits per heavy atom. The van der Waals surface area contributed by atoms with E-state index in [1.54, 1.807) is 11.3 Å². The highest BCUT2D eigenvalue weighted by Crippen LogP contribution is 2.33. The van der Waals surface area contributed by atoms with Crippen molar-refractivity contribution >= 4 is 33.3 Å². The van der Waals surface area contributed by atoms with E-state index in [4.69, 9.17) is 0 Å². The molecule has 0 saturated carbocycles. The third-order valence-corrected chi connectivity index (χ3v) is 4.70. The highest BCUT2D eigenvalue weighted by molar-refractivity contribution is 7.18. The van der Waals surface area contributed by atoms with Gasteiger partial charge >= 0.3 is 5.97 Å². The number of aromatic nitrogens is 2. The van der Waals surface area contributed by atoms with Crippen molar-refractivity contribution < 1.29 is 9.90 Å². The number of carboxylic acids is 1. The summed E-state index contributed by atoms with van der Waals surface area (Å²) in [5, 5.41) is 13.4. The van der Waals surface area contributed by atoms with Crippen LogP contribution in [0.4, 0.5) is 5.82 Å². The molecule has 0 saturated heterocycles. The first-order chi connectivity index (χ1) is 9.93. The second-order valence-electron chi connectivity index (χ2n) is 5.26. The summed E-state index contributed by atoms with van der Waals surface area (Å²) < 4.78 is 0. The molecule has 0 radical (unpaired) electrons. The Balaban J connectivity index is 2.42. The van der Waals surface area contributed by atoms with Crippen molar-refractivity contribution in [2.24, 2.45) is 0 Å². The molecule has 0 aromatic carbocycles. The van der Waals surface area contributed by atoms with Gasteiger partial charge in [-0.15, -0.1) is 11.3 Å². The molecule has 114 valence electrons. The number of hydrogen-bond acceptors (Lipinski definition) is 5. The fourth-order valence-corrected chi connectivity index (χ4v) is 3.37. The van der Waals surface area contributed by atoms with Crippen LogP contribution in [0.2, 0.25) is 0 Å². The summed E-state index contributed by atoms with van der Waals surface area (Å²) in [5.41, 5.74) is 1.12. The van der Waals surface area contributed by atoms with Gasteiger partial charge in [0, 0.05) is 4.88 Å². The zero-order chi connectivity index (χ0) is 15.6. The van der Waals surface area contributed by atoms with Crippen molar-refractivity contribution in [2.75, 3.05) is 5.32 Å². The largest absolute Gasteiger partial charge is 0.480 e. The van der Waals surface area contributed by atoms with Crippen molar-refractivity contribution in [1.29, 1.82) is 0 Å². The molecule has 2 aromatic heterocycles. The Morgan fingerprint density at radius 1 is 1.33 bits per heavy atom. The maximum Gasteiger partial charge on any atom is 0.326 e. The third-order valence-electron chi connectivity index (χ3n) is 3.60. The zero-order valence-corrected chi connectivity index (χ0v) is 13.7. The minimum absolute atomic E-state index is 0.596. The second-order valence-corrected chi connectivity index (χ2v) is 6.46. The number of unbranched alkanes of at least 4 members (excludes halogenated alkanes) is 1. The average molecular weight is 307 g/mol. The first-order valence-electron chi connectivity index (χ1n) is 7.17. The smallest absolute Gasteiger partial charge is 0.326 e. The summed E-state index contributed by atoms with van der Waals surface area (Å²) in [6, 6.07) is -0.609. The van der Waals surface area contributed by atoms with E-state index < -0.39 is 12.0 Å². The van der Waals surface area contributed by atoms with E-state index >= 15 is 0 Å². The summed E-state index contributed by atoms with van der Waals surface area (Å²) in [5.74, 6) is 0.464. The van der Waals surface area contributed by atoms with Crippen molar-refractivity contribution in [2.45, 2.75) is 53.0 Å². The Hall–Kier alpha value is -1.69. The molecule has 0 fully saturated rings. The first kappa shape index (κ1) is 15.7.